The number of ether oxygens (including phenoxy) is 1. The molecule has 4 heteroatoms. The minimum Gasteiger partial charge on any atom is -0.445 e. The van der Waals surface area contributed by atoms with Crippen LogP contribution in [0.25, 0.3) is 0 Å². The Morgan fingerprint density at radius 1 is 1.40 bits per heavy atom. The van der Waals surface area contributed by atoms with E-state index in [-0.39, 0.29) is 18.7 Å². The number of benzene rings is 1. The van der Waals surface area contributed by atoms with Crippen LogP contribution >= 0.6 is 0 Å². The number of nitrogens with zero attached hydrogens (tertiary/aromatic N) is 1. The zero-order valence-electron chi connectivity index (χ0n) is 12.0. The number of hydrogen-bond donors (Lipinski definition) is 0. The summed E-state index contributed by atoms with van der Waals surface area (Å²) in [6.45, 7) is 4.67. The predicted molar refractivity (Wildman–Crippen MR) is 76.2 cm³/mol. The molecule has 1 aromatic rings. The molecule has 0 N–H and O–H groups in total. The summed E-state index contributed by atoms with van der Waals surface area (Å²) < 4.78 is 5.35. The fourth-order valence-electron chi connectivity index (χ4n) is 2.64. The predicted octanol–water partition coefficient (Wildman–Crippen LogP) is 3.01. The molecule has 1 aliphatic heterocycles. The summed E-state index contributed by atoms with van der Waals surface area (Å²) >= 11 is 0. The Kier molecular flexibility index (Phi) is 4.42. The maximum absolute atomic E-state index is 12.2. The first-order chi connectivity index (χ1) is 9.54. The van der Waals surface area contributed by atoms with E-state index in [4.69, 9.17) is 4.74 Å². The Bertz CT molecular complexity index is 470. The summed E-state index contributed by atoms with van der Waals surface area (Å²) in [4.78, 5) is 25.1. The van der Waals surface area contributed by atoms with Crippen molar-refractivity contribution in [2.24, 2.45) is 5.41 Å². The number of likely N-dealkylation sites (tertiary alicyclic amines) is 1. The largest absolute Gasteiger partial charge is 0.445 e. The van der Waals surface area contributed by atoms with E-state index < -0.39 is 5.41 Å². The lowest BCUT2D eigenvalue weighted by Crippen LogP contribution is -2.45. The molecule has 1 amide bonds. The molecular weight excluding hydrogens is 254 g/mol. The van der Waals surface area contributed by atoms with Gasteiger partial charge in [-0.1, -0.05) is 44.2 Å². The third-order valence-electron chi connectivity index (χ3n) is 3.86. The first-order valence-corrected chi connectivity index (χ1v) is 6.98. The summed E-state index contributed by atoms with van der Waals surface area (Å²) in [7, 11) is 0. The molecule has 0 bridgehead atoms. The summed E-state index contributed by atoms with van der Waals surface area (Å²) in [6, 6.07) is 9.53. The lowest BCUT2D eigenvalue weighted by molar-refractivity contribution is -0.117. The SMILES string of the molecule is CC(C)(C=O)[C@@H]1CCCN1C(=O)OCc1ccccc1. The van der Waals surface area contributed by atoms with Crippen LogP contribution in [-0.2, 0) is 16.1 Å². The Morgan fingerprint density at radius 3 is 2.75 bits per heavy atom. The normalized spacial score (nSPS) is 18.9. The van der Waals surface area contributed by atoms with Gasteiger partial charge in [0.2, 0.25) is 0 Å². The number of carbonyl (C=O) groups excluding carboxylic acids is 2. The van der Waals surface area contributed by atoms with Gasteiger partial charge in [0.1, 0.15) is 12.9 Å². The second-order valence-corrected chi connectivity index (χ2v) is 5.83. The van der Waals surface area contributed by atoms with Gasteiger partial charge in [0.25, 0.3) is 0 Å². The van der Waals surface area contributed by atoms with Crippen LogP contribution in [0, 0.1) is 5.41 Å². The van der Waals surface area contributed by atoms with Gasteiger partial charge in [-0.25, -0.2) is 4.79 Å². The Labute approximate surface area is 119 Å². The molecule has 1 saturated heterocycles. The molecule has 0 saturated carbocycles. The molecule has 4 nitrogen and oxygen atoms in total. The first kappa shape index (κ1) is 14.6. The monoisotopic (exact) mass is 275 g/mol. The quantitative estimate of drug-likeness (QED) is 0.793. The molecule has 0 spiro atoms. The lowest BCUT2D eigenvalue weighted by Gasteiger charge is -2.33. The molecular formula is C16H21NO3. The highest BCUT2D eigenvalue weighted by Gasteiger charge is 2.40. The van der Waals surface area contributed by atoms with Gasteiger partial charge in [-0.05, 0) is 18.4 Å². The minimum absolute atomic E-state index is 0.0664. The van der Waals surface area contributed by atoms with Crippen LogP contribution in [0.5, 0.6) is 0 Å². The van der Waals surface area contributed by atoms with Gasteiger partial charge in [0.15, 0.2) is 0 Å². The Morgan fingerprint density at radius 2 is 2.10 bits per heavy atom. The summed E-state index contributed by atoms with van der Waals surface area (Å²) in [6.07, 6.45) is 2.38. The molecule has 0 aromatic heterocycles. The van der Waals surface area contributed by atoms with Crippen molar-refractivity contribution in [3.63, 3.8) is 0 Å². The van der Waals surface area contributed by atoms with E-state index in [0.717, 1.165) is 24.7 Å². The molecule has 1 aromatic carbocycles. The summed E-state index contributed by atoms with van der Waals surface area (Å²) in [5.41, 5.74) is 0.439. The van der Waals surface area contributed by atoms with E-state index in [0.29, 0.717) is 6.54 Å². The summed E-state index contributed by atoms with van der Waals surface area (Å²) in [5.74, 6) is 0. The number of carbonyl (C=O) groups is 2. The van der Waals surface area contributed by atoms with Crippen LogP contribution in [0.3, 0.4) is 0 Å². The third kappa shape index (κ3) is 3.18. The zero-order valence-corrected chi connectivity index (χ0v) is 12.0. The molecule has 0 radical (unpaired) electrons. The first-order valence-electron chi connectivity index (χ1n) is 6.98. The lowest BCUT2D eigenvalue weighted by atomic mass is 9.84. The molecule has 1 fully saturated rings. The van der Waals surface area contributed by atoms with Crippen molar-refractivity contribution < 1.29 is 14.3 Å². The Balaban J connectivity index is 1.96. The van der Waals surface area contributed by atoms with E-state index in [1.807, 2.05) is 44.2 Å². The number of aldehydes is 1. The highest BCUT2D eigenvalue weighted by Crippen LogP contribution is 2.32. The van der Waals surface area contributed by atoms with Gasteiger partial charge in [0.05, 0.1) is 0 Å². The number of amides is 1. The average molecular weight is 275 g/mol. The number of rotatable bonds is 4. The van der Waals surface area contributed by atoms with E-state index in [1.165, 1.54) is 0 Å². The standard InChI is InChI=1S/C16H21NO3/c1-16(2,12-18)14-9-6-10-17(14)15(19)20-11-13-7-4-3-5-8-13/h3-5,7-8,12,14H,6,9-11H2,1-2H3/t14-/m0/s1. The van der Waals surface area contributed by atoms with Gasteiger partial charge < -0.3 is 14.4 Å². The zero-order chi connectivity index (χ0) is 14.6. The van der Waals surface area contributed by atoms with E-state index in [1.54, 1.807) is 4.90 Å². The molecule has 1 heterocycles. The topological polar surface area (TPSA) is 46.6 Å². The minimum atomic E-state index is -0.526. The van der Waals surface area contributed by atoms with Crippen molar-refractivity contribution in [2.45, 2.75) is 39.3 Å². The Hall–Kier alpha value is -1.84. The molecule has 1 aliphatic rings. The fourth-order valence-corrected chi connectivity index (χ4v) is 2.64. The van der Waals surface area contributed by atoms with Crippen molar-refractivity contribution in [2.75, 3.05) is 6.54 Å². The second-order valence-electron chi connectivity index (χ2n) is 5.83. The van der Waals surface area contributed by atoms with Crippen LogP contribution in [0.1, 0.15) is 32.3 Å². The maximum atomic E-state index is 12.2. The van der Waals surface area contributed by atoms with Crippen molar-refractivity contribution >= 4 is 12.4 Å². The van der Waals surface area contributed by atoms with Gasteiger partial charge in [-0.3, -0.25) is 0 Å². The van der Waals surface area contributed by atoms with Crippen LogP contribution in [0.15, 0.2) is 30.3 Å². The smallest absolute Gasteiger partial charge is 0.410 e. The van der Waals surface area contributed by atoms with Gasteiger partial charge in [-0.2, -0.15) is 0 Å². The summed E-state index contributed by atoms with van der Waals surface area (Å²) in [5, 5.41) is 0. The van der Waals surface area contributed by atoms with Crippen molar-refractivity contribution in [3.8, 4) is 0 Å². The number of hydrogen-bond acceptors (Lipinski definition) is 3. The molecule has 0 aliphatic carbocycles. The van der Waals surface area contributed by atoms with Crippen molar-refractivity contribution in [1.29, 1.82) is 0 Å². The highest BCUT2D eigenvalue weighted by atomic mass is 16.6. The maximum Gasteiger partial charge on any atom is 0.410 e. The van der Waals surface area contributed by atoms with Crippen LogP contribution in [0.4, 0.5) is 4.79 Å². The van der Waals surface area contributed by atoms with Crippen LogP contribution < -0.4 is 0 Å². The molecule has 108 valence electrons. The second kappa shape index (κ2) is 6.07. The van der Waals surface area contributed by atoms with Gasteiger partial charge >= 0.3 is 6.09 Å². The van der Waals surface area contributed by atoms with Crippen molar-refractivity contribution in [1.82, 2.24) is 4.90 Å². The van der Waals surface area contributed by atoms with E-state index in [9.17, 15) is 9.59 Å². The van der Waals surface area contributed by atoms with E-state index in [2.05, 4.69) is 0 Å². The van der Waals surface area contributed by atoms with Crippen LogP contribution in [0.2, 0.25) is 0 Å². The average Bonchev–Trinajstić information content (AvgIpc) is 2.96. The third-order valence-corrected chi connectivity index (χ3v) is 3.86. The molecule has 0 unspecified atom stereocenters. The van der Waals surface area contributed by atoms with Gasteiger partial charge in [-0.15, -0.1) is 0 Å². The highest BCUT2D eigenvalue weighted by molar-refractivity contribution is 5.70. The molecule has 20 heavy (non-hydrogen) atoms. The van der Waals surface area contributed by atoms with E-state index >= 15 is 0 Å². The van der Waals surface area contributed by atoms with Crippen LogP contribution in [-0.4, -0.2) is 29.9 Å². The fraction of sp³-hybridized carbons (Fsp3) is 0.500. The molecule has 1 atom stereocenters. The van der Waals surface area contributed by atoms with Crippen molar-refractivity contribution in [3.05, 3.63) is 35.9 Å². The van der Waals surface area contributed by atoms with Gasteiger partial charge in [0, 0.05) is 18.0 Å². The molecule has 2 rings (SSSR count).